The first kappa shape index (κ1) is 21.6. The molecule has 2 aromatic carbocycles. The van der Waals surface area contributed by atoms with Crippen LogP contribution < -0.4 is 25.0 Å². The Morgan fingerprint density at radius 2 is 1.47 bits per heavy atom. The predicted octanol–water partition coefficient (Wildman–Crippen LogP) is 3.78. The van der Waals surface area contributed by atoms with E-state index in [1.165, 1.54) is 5.56 Å². The van der Waals surface area contributed by atoms with Crippen molar-refractivity contribution in [2.24, 2.45) is 0 Å². The van der Waals surface area contributed by atoms with Crippen LogP contribution in [0.2, 0.25) is 0 Å². The lowest BCUT2D eigenvalue weighted by molar-refractivity contribution is 0.122. The number of anilines is 5. The minimum atomic E-state index is 0.432. The van der Waals surface area contributed by atoms with Crippen LogP contribution >= 0.6 is 0 Å². The molecule has 1 saturated heterocycles. The fraction of sp³-hybridized carbons (Fsp3) is 0.348. The summed E-state index contributed by atoms with van der Waals surface area (Å²) in [5, 5.41) is 6.56. The minimum absolute atomic E-state index is 0.432. The SMILES string of the molecule is CCc1ccc(Nc2nc(Nc3ccc(OC)c(OC)c3)nc(N3CCOCC3)n2)cc1. The van der Waals surface area contributed by atoms with Crippen molar-refractivity contribution < 1.29 is 14.2 Å². The van der Waals surface area contributed by atoms with Crippen molar-refractivity contribution in [3.05, 3.63) is 48.0 Å². The third kappa shape index (κ3) is 5.17. The normalized spacial score (nSPS) is 13.5. The van der Waals surface area contributed by atoms with Crippen LogP contribution in [0.3, 0.4) is 0 Å². The summed E-state index contributed by atoms with van der Waals surface area (Å²) >= 11 is 0. The molecule has 0 spiro atoms. The van der Waals surface area contributed by atoms with E-state index >= 15 is 0 Å². The summed E-state index contributed by atoms with van der Waals surface area (Å²) in [6.45, 7) is 4.88. The van der Waals surface area contributed by atoms with Crippen molar-refractivity contribution in [1.82, 2.24) is 15.0 Å². The van der Waals surface area contributed by atoms with Gasteiger partial charge in [0.05, 0.1) is 27.4 Å². The number of hydrogen-bond acceptors (Lipinski definition) is 9. The van der Waals surface area contributed by atoms with Gasteiger partial charge in [-0.25, -0.2) is 0 Å². The first-order valence-electron chi connectivity index (χ1n) is 10.6. The molecule has 0 saturated carbocycles. The van der Waals surface area contributed by atoms with Crippen LogP contribution in [-0.2, 0) is 11.2 Å². The van der Waals surface area contributed by atoms with Gasteiger partial charge in [0.25, 0.3) is 0 Å². The molecule has 2 N–H and O–H groups in total. The molecule has 9 heteroatoms. The van der Waals surface area contributed by atoms with Crippen LogP contribution in [0.1, 0.15) is 12.5 Å². The van der Waals surface area contributed by atoms with Crippen molar-refractivity contribution in [3.63, 3.8) is 0 Å². The van der Waals surface area contributed by atoms with Crippen LogP contribution in [-0.4, -0.2) is 55.5 Å². The van der Waals surface area contributed by atoms with Gasteiger partial charge in [0.15, 0.2) is 11.5 Å². The molecule has 0 radical (unpaired) electrons. The van der Waals surface area contributed by atoms with Gasteiger partial charge in [0.1, 0.15) is 0 Å². The summed E-state index contributed by atoms with van der Waals surface area (Å²) in [6, 6.07) is 13.8. The first-order chi connectivity index (χ1) is 15.7. The zero-order valence-electron chi connectivity index (χ0n) is 18.6. The number of morpholine rings is 1. The Labute approximate surface area is 187 Å². The molecule has 3 aromatic rings. The maximum atomic E-state index is 5.47. The standard InChI is InChI=1S/C23H28N6O3/c1-4-16-5-7-17(8-6-16)24-21-26-22(28-23(27-21)29-11-13-32-14-12-29)25-18-9-10-19(30-2)20(15-18)31-3/h5-10,15H,4,11-14H2,1-3H3,(H2,24,25,26,27,28). The summed E-state index contributed by atoms with van der Waals surface area (Å²) in [5.74, 6) is 2.77. The van der Waals surface area contributed by atoms with E-state index < -0.39 is 0 Å². The summed E-state index contributed by atoms with van der Waals surface area (Å²) in [4.78, 5) is 16.0. The number of hydrogen-bond donors (Lipinski definition) is 2. The molecule has 0 amide bonds. The van der Waals surface area contributed by atoms with Crippen LogP contribution in [0.15, 0.2) is 42.5 Å². The minimum Gasteiger partial charge on any atom is -0.493 e. The second-order valence-electron chi connectivity index (χ2n) is 7.25. The molecule has 0 bridgehead atoms. The second kappa shape index (κ2) is 10.1. The number of nitrogens with one attached hydrogen (secondary N) is 2. The third-order valence-corrected chi connectivity index (χ3v) is 5.18. The van der Waals surface area contributed by atoms with E-state index in [2.05, 4.69) is 49.5 Å². The second-order valence-corrected chi connectivity index (χ2v) is 7.25. The highest BCUT2D eigenvalue weighted by molar-refractivity contribution is 5.62. The Kier molecular flexibility index (Phi) is 6.86. The topological polar surface area (TPSA) is 93.7 Å². The molecular weight excluding hydrogens is 408 g/mol. The number of benzene rings is 2. The average Bonchev–Trinajstić information content (AvgIpc) is 2.85. The number of rotatable bonds is 8. The van der Waals surface area contributed by atoms with Crippen molar-refractivity contribution in [3.8, 4) is 11.5 Å². The van der Waals surface area contributed by atoms with Crippen LogP contribution in [0, 0.1) is 0 Å². The fourth-order valence-electron chi connectivity index (χ4n) is 3.38. The quantitative estimate of drug-likeness (QED) is 0.547. The summed E-state index contributed by atoms with van der Waals surface area (Å²) in [5.41, 5.74) is 2.97. The van der Waals surface area contributed by atoms with Gasteiger partial charge in [-0.05, 0) is 36.2 Å². The Morgan fingerprint density at radius 1 is 0.844 bits per heavy atom. The van der Waals surface area contributed by atoms with Gasteiger partial charge in [0, 0.05) is 30.5 Å². The zero-order chi connectivity index (χ0) is 22.3. The van der Waals surface area contributed by atoms with Crippen LogP contribution in [0.4, 0.5) is 29.2 Å². The van der Waals surface area contributed by atoms with E-state index in [0.29, 0.717) is 42.6 Å². The van der Waals surface area contributed by atoms with E-state index in [-0.39, 0.29) is 0 Å². The van der Waals surface area contributed by atoms with Crippen LogP contribution in [0.25, 0.3) is 0 Å². The summed E-state index contributed by atoms with van der Waals surface area (Å²) in [6.07, 6.45) is 0.993. The van der Waals surface area contributed by atoms with E-state index in [0.717, 1.165) is 30.9 Å². The maximum absolute atomic E-state index is 5.47. The molecule has 1 fully saturated rings. The predicted molar refractivity (Wildman–Crippen MR) is 125 cm³/mol. The number of methoxy groups -OCH3 is 2. The lowest BCUT2D eigenvalue weighted by Crippen LogP contribution is -2.37. The van der Waals surface area contributed by atoms with Gasteiger partial charge in [-0.15, -0.1) is 0 Å². The monoisotopic (exact) mass is 436 g/mol. The van der Waals surface area contributed by atoms with E-state index in [1.807, 2.05) is 30.3 Å². The van der Waals surface area contributed by atoms with Gasteiger partial charge in [-0.3, -0.25) is 0 Å². The number of nitrogens with zero attached hydrogens (tertiary/aromatic N) is 4. The first-order valence-corrected chi connectivity index (χ1v) is 10.6. The average molecular weight is 437 g/mol. The Morgan fingerprint density at radius 3 is 2.09 bits per heavy atom. The summed E-state index contributed by atoms with van der Waals surface area (Å²) < 4.78 is 16.2. The Balaban J connectivity index is 1.63. The highest BCUT2D eigenvalue weighted by atomic mass is 16.5. The van der Waals surface area contributed by atoms with Crippen LogP contribution in [0.5, 0.6) is 11.5 Å². The molecule has 1 aliphatic rings. The third-order valence-electron chi connectivity index (χ3n) is 5.18. The zero-order valence-corrected chi connectivity index (χ0v) is 18.6. The molecular formula is C23H28N6O3. The number of aromatic nitrogens is 3. The number of aryl methyl sites for hydroxylation is 1. The van der Waals surface area contributed by atoms with E-state index in [9.17, 15) is 0 Å². The molecule has 0 unspecified atom stereocenters. The molecule has 2 heterocycles. The van der Waals surface area contributed by atoms with E-state index in [4.69, 9.17) is 14.2 Å². The lowest BCUT2D eigenvalue weighted by atomic mass is 10.1. The van der Waals surface area contributed by atoms with Gasteiger partial charge < -0.3 is 29.7 Å². The highest BCUT2D eigenvalue weighted by Gasteiger charge is 2.17. The van der Waals surface area contributed by atoms with Gasteiger partial charge in [-0.1, -0.05) is 19.1 Å². The summed E-state index contributed by atoms with van der Waals surface area (Å²) in [7, 11) is 3.21. The molecule has 9 nitrogen and oxygen atoms in total. The molecule has 0 aliphatic carbocycles. The largest absolute Gasteiger partial charge is 0.493 e. The Hall–Kier alpha value is -3.59. The molecule has 168 valence electrons. The van der Waals surface area contributed by atoms with Gasteiger partial charge in [0.2, 0.25) is 17.8 Å². The van der Waals surface area contributed by atoms with Gasteiger partial charge in [-0.2, -0.15) is 15.0 Å². The molecule has 1 aliphatic heterocycles. The van der Waals surface area contributed by atoms with E-state index in [1.54, 1.807) is 14.2 Å². The molecule has 4 rings (SSSR count). The van der Waals surface area contributed by atoms with Crippen molar-refractivity contribution >= 4 is 29.2 Å². The fourth-order valence-corrected chi connectivity index (χ4v) is 3.38. The maximum Gasteiger partial charge on any atom is 0.233 e. The highest BCUT2D eigenvalue weighted by Crippen LogP contribution is 2.31. The van der Waals surface area contributed by atoms with Gasteiger partial charge >= 0.3 is 0 Å². The number of ether oxygens (including phenoxy) is 3. The lowest BCUT2D eigenvalue weighted by Gasteiger charge is -2.27. The van der Waals surface area contributed by atoms with Crippen molar-refractivity contribution in [2.45, 2.75) is 13.3 Å². The van der Waals surface area contributed by atoms with Crippen molar-refractivity contribution in [2.75, 3.05) is 56.1 Å². The Bertz CT molecular complexity index is 1040. The molecule has 1 aromatic heterocycles. The smallest absolute Gasteiger partial charge is 0.233 e. The van der Waals surface area contributed by atoms with Crippen molar-refractivity contribution in [1.29, 1.82) is 0 Å². The molecule has 32 heavy (non-hydrogen) atoms. The molecule has 0 atom stereocenters.